The molecule has 1 nitrogen and oxygen atoms in total. The topological polar surface area (TPSA) is 20.2 Å². The Morgan fingerprint density at radius 1 is 1.36 bits per heavy atom. The highest BCUT2D eigenvalue weighted by atomic mass is 16.3. The SMILES string of the molecule is CC.CC1(CO)CC=CCC1. The Bertz CT molecular complexity index is 118. The van der Waals surface area contributed by atoms with Crippen molar-refractivity contribution < 1.29 is 5.11 Å². The van der Waals surface area contributed by atoms with Gasteiger partial charge in [-0.25, -0.2) is 0 Å². The highest BCUT2D eigenvalue weighted by Gasteiger charge is 2.22. The van der Waals surface area contributed by atoms with Gasteiger partial charge in [0.1, 0.15) is 0 Å². The van der Waals surface area contributed by atoms with Crippen molar-refractivity contribution in [1.29, 1.82) is 0 Å². The van der Waals surface area contributed by atoms with Crippen LogP contribution >= 0.6 is 0 Å². The first-order valence-corrected chi connectivity index (χ1v) is 4.53. The van der Waals surface area contributed by atoms with Crippen molar-refractivity contribution >= 4 is 0 Å². The van der Waals surface area contributed by atoms with Gasteiger partial charge in [0, 0.05) is 6.61 Å². The molecule has 0 heterocycles. The summed E-state index contributed by atoms with van der Waals surface area (Å²) in [5.41, 5.74) is 0.189. The molecule has 1 atom stereocenters. The largest absolute Gasteiger partial charge is 0.396 e. The van der Waals surface area contributed by atoms with E-state index < -0.39 is 0 Å². The molecule has 0 aromatic carbocycles. The molecule has 1 N–H and O–H groups in total. The van der Waals surface area contributed by atoms with Gasteiger partial charge in [-0.2, -0.15) is 0 Å². The van der Waals surface area contributed by atoms with Gasteiger partial charge in [0.25, 0.3) is 0 Å². The first-order valence-electron chi connectivity index (χ1n) is 4.53. The number of allylic oxidation sites excluding steroid dienone is 2. The smallest absolute Gasteiger partial charge is 0.0487 e. The zero-order valence-electron chi connectivity index (χ0n) is 7.93. The molecule has 1 rings (SSSR count). The van der Waals surface area contributed by atoms with Crippen LogP contribution in [0, 0.1) is 5.41 Å². The summed E-state index contributed by atoms with van der Waals surface area (Å²) in [6.45, 7) is 6.47. The van der Waals surface area contributed by atoms with Gasteiger partial charge in [-0.15, -0.1) is 0 Å². The fraction of sp³-hybridized carbons (Fsp3) is 0.800. The molecule has 0 spiro atoms. The van der Waals surface area contributed by atoms with E-state index in [1.54, 1.807) is 0 Å². The highest BCUT2D eigenvalue weighted by Crippen LogP contribution is 2.30. The maximum absolute atomic E-state index is 8.92. The minimum absolute atomic E-state index is 0.189. The Morgan fingerprint density at radius 2 is 2.00 bits per heavy atom. The van der Waals surface area contributed by atoms with Crippen molar-refractivity contribution in [2.75, 3.05) is 6.61 Å². The molecular weight excluding hydrogens is 136 g/mol. The lowest BCUT2D eigenvalue weighted by Crippen LogP contribution is -2.21. The predicted molar refractivity (Wildman–Crippen MR) is 49.5 cm³/mol. The molecule has 0 saturated heterocycles. The minimum atomic E-state index is 0.189. The van der Waals surface area contributed by atoms with E-state index in [0.29, 0.717) is 6.61 Å². The van der Waals surface area contributed by atoms with Crippen LogP contribution in [0.4, 0.5) is 0 Å². The average Bonchev–Trinajstić information content (AvgIpc) is 2.10. The second kappa shape index (κ2) is 5.36. The first kappa shape index (κ1) is 10.7. The maximum Gasteiger partial charge on any atom is 0.0487 e. The standard InChI is InChI=1S/C8H14O.C2H6/c1-8(7-9)5-3-2-4-6-8;1-2/h2-3,9H,4-7H2,1H3;1-2H3. The molecule has 0 saturated carbocycles. The zero-order chi connectivity index (χ0) is 8.74. The Morgan fingerprint density at radius 3 is 2.27 bits per heavy atom. The summed E-state index contributed by atoms with van der Waals surface area (Å²) in [7, 11) is 0. The van der Waals surface area contributed by atoms with E-state index >= 15 is 0 Å². The third kappa shape index (κ3) is 3.57. The summed E-state index contributed by atoms with van der Waals surface area (Å²) in [6, 6.07) is 0. The minimum Gasteiger partial charge on any atom is -0.396 e. The van der Waals surface area contributed by atoms with Crippen molar-refractivity contribution in [3.63, 3.8) is 0 Å². The summed E-state index contributed by atoms with van der Waals surface area (Å²) in [5.74, 6) is 0. The number of rotatable bonds is 1. The van der Waals surface area contributed by atoms with Crippen LogP contribution in [-0.4, -0.2) is 11.7 Å². The Hall–Kier alpha value is -0.300. The second-order valence-electron chi connectivity index (χ2n) is 3.18. The Labute approximate surface area is 70.1 Å². The fourth-order valence-electron chi connectivity index (χ4n) is 1.16. The molecular formula is C10H20O. The first-order chi connectivity index (χ1) is 5.27. The van der Waals surface area contributed by atoms with Crippen molar-refractivity contribution in [3.8, 4) is 0 Å². The molecule has 0 aromatic heterocycles. The number of hydrogen-bond acceptors (Lipinski definition) is 1. The Balaban J connectivity index is 0.000000461. The van der Waals surface area contributed by atoms with Crippen LogP contribution in [0.5, 0.6) is 0 Å². The number of aliphatic hydroxyl groups is 1. The Kier molecular flexibility index (Phi) is 5.22. The summed E-state index contributed by atoms with van der Waals surface area (Å²) < 4.78 is 0. The van der Waals surface area contributed by atoms with Gasteiger partial charge in [0.05, 0.1) is 0 Å². The summed E-state index contributed by atoms with van der Waals surface area (Å²) >= 11 is 0. The van der Waals surface area contributed by atoms with Gasteiger partial charge < -0.3 is 5.11 Å². The number of aliphatic hydroxyl groups excluding tert-OH is 1. The van der Waals surface area contributed by atoms with Gasteiger partial charge in [0.2, 0.25) is 0 Å². The molecule has 1 unspecified atom stereocenters. The fourth-order valence-corrected chi connectivity index (χ4v) is 1.16. The van der Waals surface area contributed by atoms with Crippen LogP contribution in [0.3, 0.4) is 0 Å². The molecule has 0 aliphatic heterocycles. The zero-order valence-corrected chi connectivity index (χ0v) is 7.93. The monoisotopic (exact) mass is 156 g/mol. The lowest BCUT2D eigenvalue weighted by Gasteiger charge is -2.27. The van der Waals surface area contributed by atoms with Crippen LogP contribution in [0.15, 0.2) is 12.2 Å². The van der Waals surface area contributed by atoms with Crippen LogP contribution in [0.25, 0.3) is 0 Å². The van der Waals surface area contributed by atoms with E-state index in [0.717, 1.165) is 19.3 Å². The normalized spacial score (nSPS) is 29.1. The lowest BCUT2D eigenvalue weighted by molar-refractivity contribution is 0.132. The molecule has 1 heteroatoms. The summed E-state index contributed by atoms with van der Waals surface area (Å²) in [5, 5.41) is 8.92. The highest BCUT2D eigenvalue weighted by molar-refractivity contribution is 4.95. The van der Waals surface area contributed by atoms with Crippen LogP contribution < -0.4 is 0 Å². The van der Waals surface area contributed by atoms with E-state index in [1.165, 1.54) is 0 Å². The van der Waals surface area contributed by atoms with Gasteiger partial charge in [-0.3, -0.25) is 0 Å². The molecule has 0 aromatic rings. The third-order valence-electron chi connectivity index (χ3n) is 2.07. The molecule has 0 bridgehead atoms. The van der Waals surface area contributed by atoms with Crippen molar-refractivity contribution in [2.24, 2.45) is 5.41 Å². The average molecular weight is 156 g/mol. The van der Waals surface area contributed by atoms with Gasteiger partial charge in [-0.05, 0) is 24.7 Å². The lowest BCUT2D eigenvalue weighted by atomic mass is 9.80. The molecule has 66 valence electrons. The van der Waals surface area contributed by atoms with E-state index in [9.17, 15) is 0 Å². The number of hydrogen-bond donors (Lipinski definition) is 1. The molecule has 1 aliphatic carbocycles. The van der Waals surface area contributed by atoms with Crippen LogP contribution in [-0.2, 0) is 0 Å². The van der Waals surface area contributed by atoms with E-state index in [-0.39, 0.29) is 5.41 Å². The van der Waals surface area contributed by atoms with E-state index in [4.69, 9.17) is 5.11 Å². The van der Waals surface area contributed by atoms with Crippen LogP contribution in [0.1, 0.15) is 40.0 Å². The van der Waals surface area contributed by atoms with Crippen molar-refractivity contribution in [2.45, 2.75) is 40.0 Å². The summed E-state index contributed by atoms with van der Waals surface area (Å²) in [6.07, 6.45) is 7.68. The molecule has 0 fully saturated rings. The van der Waals surface area contributed by atoms with Crippen molar-refractivity contribution in [3.05, 3.63) is 12.2 Å². The molecule has 1 aliphatic rings. The van der Waals surface area contributed by atoms with E-state index in [2.05, 4.69) is 19.1 Å². The van der Waals surface area contributed by atoms with Gasteiger partial charge >= 0.3 is 0 Å². The maximum atomic E-state index is 8.92. The van der Waals surface area contributed by atoms with Crippen LogP contribution in [0.2, 0.25) is 0 Å². The molecule has 0 amide bonds. The summed E-state index contributed by atoms with van der Waals surface area (Å²) in [4.78, 5) is 0. The molecule has 11 heavy (non-hydrogen) atoms. The quantitative estimate of drug-likeness (QED) is 0.579. The van der Waals surface area contributed by atoms with E-state index in [1.807, 2.05) is 13.8 Å². The van der Waals surface area contributed by atoms with Gasteiger partial charge in [-0.1, -0.05) is 32.9 Å². The second-order valence-corrected chi connectivity index (χ2v) is 3.18. The van der Waals surface area contributed by atoms with Crippen molar-refractivity contribution in [1.82, 2.24) is 0 Å². The van der Waals surface area contributed by atoms with Gasteiger partial charge in [0.15, 0.2) is 0 Å². The third-order valence-corrected chi connectivity index (χ3v) is 2.07. The predicted octanol–water partition coefficient (Wildman–Crippen LogP) is 2.75. The molecule has 0 radical (unpaired) electrons.